The van der Waals surface area contributed by atoms with Gasteiger partial charge in [0.2, 0.25) is 0 Å². The van der Waals surface area contributed by atoms with Gasteiger partial charge in [-0.15, -0.1) is 0 Å². The van der Waals surface area contributed by atoms with E-state index in [0.29, 0.717) is 13.0 Å². The first kappa shape index (κ1) is 13.9. The zero-order valence-corrected chi connectivity index (χ0v) is 10.2. The molecule has 0 aliphatic carbocycles. The van der Waals surface area contributed by atoms with Crippen molar-refractivity contribution in [3.05, 3.63) is 29.3 Å². The highest BCUT2D eigenvalue weighted by Crippen LogP contribution is 2.32. The van der Waals surface area contributed by atoms with E-state index in [-0.39, 0.29) is 17.0 Å². The zero-order valence-electron chi connectivity index (χ0n) is 10.2. The van der Waals surface area contributed by atoms with Crippen LogP contribution in [-0.4, -0.2) is 18.5 Å². The van der Waals surface area contributed by atoms with Crippen molar-refractivity contribution in [2.24, 2.45) is 0 Å². The zero-order chi connectivity index (χ0) is 14.0. The van der Waals surface area contributed by atoms with Gasteiger partial charge in [0.15, 0.2) is 5.78 Å². The summed E-state index contributed by atoms with van der Waals surface area (Å²) in [4.78, 5) is 12.1. The van der Waals surface area contributed by atoms with Gasteiger partial charge < -0.3 is 10.5 Å². The third kappa shape index (κ3) is 3.07. The Hall–Kier alpha value is -1.56. The average Bonchev–Trinajstić information content (AvgIpc) is 2.38. The van der Waals surface area contributed by atoms with Gasteiger partial charge in [-0.25, -0.2) is 0 Å². The monoisotopic (exact) mass is 273 g/mol. The number of benzene rings is 1. The first-order valence-electron chi connectivity index (χ1n) is 6.02. The van der Waals surface area contributed by atoms with Crippen molar-refractivity contribution < 1.29 is 22.7 Å². The number of carbonyl (C=O) groups excluding carboxylic acids is 1. The van der Waals surface area contributed by atoms with E-state index in [0.717, 1.165) is 31.0 Å². The summed E-state index contributed by atoms with van der Waals surface area (Å²) in [5, 5.41) is 0. The van der Waals surface area contributed by atoms with E-state index < -0.39 is 17.8 Å². The SMILES string of the molecule is Nc1cc(C(F)(F)F)ccc1C(=O)C1CCCCO1. The maximum atomic E-state index is 12.5. The summed E-state index contributed by atoms with van der Waals surface area (Å²) in [6.45, 7) is 0.497. The Kier molecular flexibility index (Phi) is 3.80. The molecular weight excluding hydrogens is 259 g/mol. The van der Waals surface area contributed by atoms with Crippen LogP contribution >= 0.6 is 0 Å². The molecule has 1 fully saturated rings. The number of Topliss-reactive ketones (excluding diaryl/α,β-unsaturated/α-hetero) is 1. The Labute approximate surface area is 108 Å². The van der Waals surface area contributed by atoms with E-state index in [2.05, 4.69) is 0 Å². The second-order valence-electron chi connectivity index (χ2n) is 4.52. The van der Waals surface area contributed by atoms with Crippen LogP contribution in [0.25, 0.3) is 0 Å². The normalized spacial score (nSPS) is 20.3. The van der Waals surface area contributed by atoms with Gasteiger partial charge in [-0.2, -0.15) is 13.2 Å². The number of alkyl halides is 3. The van der Waals surface area contributed by atoms with Gasteiger partial charge in [0.1, 0.15) is 6.10 Å². The van der Waals surface area contributed by atoms with Crippen molar-refractivity contribution in [1.29, 1.82) is 0 Å². The van der Waals surface area contributed by atoms with Gasteiger partial charge in [0.25, 0.3) is 0 Å². The summed E-state index contributed by atoms with van der Waals surface area (Å²) in [5.74, 6) is -0.342. The number of carbonyl (C=O) groups is 1. The fourth-order valence-electron chi connectivity index (χ4n) is 2.08. The minimum atomic E-state index is -4.46. The molecule has 0 spiro atoms. The molecular formula is C13H14F3NO2. The number of halogens is 3. The molecule has 0 saturated carbocycles. The van der Waals surface area contributed by atoms with E-state index >= 15 is 0 Å². The number of nitrogens with two attached hydrogens (primary N) is 1. The van der Waals surface area contributed by atoms with Crippen LogP contribution in [0.5, 0.6) is 0 Å². The quantitative estimate of drug-likeness (QED) is 0.665. The van der Waals surface area contributed by atoms with Gasteiger partial charge in [0.05, 0.1) is 5.56 Å². The summed E-state index contributed by atoms with van der Waals surface area (Å²) in [7, 11) is 0. The van der Waals surface area contributed by atoms with Crippen molar-refractivity contribution in [3.8, 4) is 0 Å². The van der Waals surface area contributed by atoms with Crippen molar-refractivity contribution in [3.63, 3.8) is 0 Å². The third-order valence-corrected chi connectivity index (χ3v) is 3.12. The van der Waals surface area contributed by atoms with Gasteiger partial charge in [-0.05, 0) is 37.5 Å². The molecule has 0 bridgehead atoms. The molecule has 6 heteroatoms. The van der Waals surface area contributed by atoms with Crippen molar-refractivity contribution in [1.82, 2.24) is 0 Å². The number of hydrogen-bond donors (Lipinski definition) is 1. The summed E-state index contributed by atoms with van der Waals surface area (Å²) < 4.78 is 42.8. The fraction of sp³-hybridized carbons (Fsp3) is 0.462. The fourth-order valence-corrected chi connectivity index (χ4v) is 2.08. The topological polar surface area (TPSA) is 52.3 Å². The van der Waals surface area contributed by atoms with Gasteiger partial charge in [0, 0.05) is 17.9 Å². The van der Waals surface area contributed by atoms with Crippen molar-refractivity contribution in [2.75, 3.05) is 12.3 Å². The first-order valence-corrected chi connectivity index (χ1v) is 6.02. The molecule has 2 N–H and O–H groups in total. The van der Waals surface area contributed by atoms with Crippen LogP contribution in [0.15, 0.2) is 18.2 Å². The van der Waals surface area contributed by atoms with Crippen molar-refractivity contribution in [2.45, 2.75) is 31.5 Å². The Morgan fingerprint density at radius 3 is 2.58 bits per heavy atom. The molecule has 0 aromatic heterocycles. The predicted octanol–water partition coefficient (Wildman–Crippen LogP) is 3.04. The number of ether oxygens (including phenoxy) is 1. The molecule has 1 unspecified atom stereocenters. The van der Waals surface area contributed by atoms with Crippen LogP contribution < -0.4 is 5.73 Å². The predicted molar refractivity (Wildman–Crippen MR) is 63.8 cm³/mol. The largest absolute Gasteiger partial charge is 0.416 e. The molecule has 0 amide bonds. The number of hydrogen-bond acceptors (Lipinski definition) is 3. The molecule has 104 valence electrons. The molecule has 1 atom stereocenters. The Balaban J connectivity index is 2.23. The smallest absolute Gasteiger partial charge is 0.398 e. The minimum absolute atomic E-state index is 0.0971. The second kappa shape index (κ2) is 5.21. The standard InChI is InChI=1S/C13H14F3NO2/c14-13(15,16)8-4-5-9(10(17)7-8)12(18)11-3-1-2-6-19-11/h4-5,7,11H,1-3,6,17H2. The van der Waals surface area contributed by atoms with Crippen LogP contribution in [0.1, 0.15) is 35.2 Å². The first-order chi connectivity index (χ1) is 8.89. The van der Waals surface area contributed by atoms with Gasteiger partial charge >= 0.3 is 6.18 Å². The number of nitrogen functional groups attached to an aromatic ring is 1. The molecule has 1 aromatic rings. The lowest BCUT2D eigenvalue weighted by Crippen LogP contribution is -2.29. The maximum Gasteiger partial charge on any atom is 0.416 e. The molecule has 1 saturated heterocycles. The number of rotatable bonds is 2. The Morgan fingerprint density at radius 2 is 2.05 bits per heavy atom. The van der Waals surface area contributed by atoms with Crippen LogP contribution in [-0.2, 0) is 10.9 Å². The van der Waals surface area contributed by atoms with E-state index in [9.17, 15) is 18.0 Å². The Bertz CT molecular complexity index is 479. The Morgan fingerprint density at radius 1 is 1.32 bits per heavy atom. The van der Waals surface area contributed by atoms with Gasteiger partial charge in [-0.3, -0.25) is 4.79 Å². The minimum Gasteiger partial charge on any atom is -0.398 e. The summed E-state index contributed by atoms with van der Waals surface area (Å²) >= 11 is 0. The van der Waals surface area contributed by atoms with Crippen LogP contribution in [0, 0.1) is 0 Å². The third-order valence-electron chi connectivity index (χ3n) is 3.12. The van der Waals surface area contributed by atoms with E-state index in [1.165, 1.54) is 0 Å². The molecule has 2 rings (SSSR count). The molecule has 1 aromatic carbocycles. The lowest BCUT2D eigenvalue weighted by molar-refractivity contribution is -0.137. The highest BCUT2D eigenvalue weighted by atomic mass is 19.4. The van der Waals surface area contributed by atoms with E-state index in [1.807, 2.05) is 0 Å². The molecule has 3 nitrogen and oxygen atoms in total. The summed E-state index contributed by atoms with van der Waals surface area (Å²) in [6, 6.07) is 2.78. The van der Waals surface area contributed by atoms with Crippen LogP contribution in [0.3, 0.4) is 0 Å². The summed E-state index contributed by atoms with van der Waals surface area (Å²) in [5.41, 5.74) is 4.63. The van der Waals surface area contributed by atoms with Crippen LogP contribution in [0.2, 0.25) is 0 Å². The second-order valence-corrected chi connectivity index (χ2v) is 4.52. The van der Waals surface area contributed by atoms with E-state index in [1.54, 1.807) is 0 Å². The van der Waals surface area contributed by atoms with Crippen LogP contribution in [0.4, 0.5) is 18.9 Å². The lowest BCUT2D eigenvalue weighted by Gasteiger charge is -2.22. The van der Waals surface area contributed by atoms with Crippen molar-refractivity contribution >= 4 is 11.5 Å². The van der Waals surface area contributed by atoms with E-state index in [4.69, 9.17) is 10.5 Å². The molecule has 1 heterocycles. The lowest BCUT2D eigenvalue weighted by atomic mass is 9.97. The number of ketones is 1. The maximum absolute atomic E-state index is 12.5. The average molecular weight is 273 g/mol. The molecule has 0 radical (unpaired) electrons. The molecule has 19 heavy (non-hydrogen) atoms. The molecule has 1 aliphatic rings. The highest BCUT2D eigenvalue weighted by Gasteiger charge is 2.32. The summed E-state index contributed by atoms with van der Waals surface area (Å²) in [6.07, 6.45) is -2.70. The number of anilines is 1. The highest BCUT2D eigenvalue weighted by molar-refractivity contribution is 6.03. The van der Waals surface area contributed by atoms with Gasteiger partial charge in [-0.1, -0.05) is 0 Å². The molecule has 1 aliphatic heterocycles.